The molecule has 0 spiro atoms. The zero-order valence-corrected chi connectivity index (χ0v) is 13.2. The molecule has 3 rings (SSSR count). The largest absolute Gasteiger partial charge is 0.355 e. The topological polar surface area (TPSA) is 15.8 Å². The highest BCUT2D eigenvalue weighted by molar-refractivity contribution is 5.98. The molecule has 0 amide bonds. The van der Waals surface area contributed by atoms with Gasteiger partial charge in [0.05, 0.1) is 0 Å². The Balaban J connectivity index is 2.26. The third-order valence-electron chi connectivity index (χ3n) is 4.24. The van der Waals surface area contributed by atoms with Crippen molar-refractivity contribution in [2.24, 2.45) is 0 Å². The maximum absolute atomic E-state index is 3.92. The predicted octanol–water partition coefficient (Wildman–Crippen LogP) is 5.92. The van der Waals surface area contributed by atoms with E-state index in [0.717, 1.165) is 12.1 Å². The summed E-state index contributed by atoms with van der Waals surface area (Å²) in [5.74, 6) is 0. The van der Waals surface area contributed by atoms with Gasteiger partial charge < -0.3 is 4.98 Å². The number of nitrogens with one attached hydrogen (secondary N) is 1. The van der Waals surface area contributed by atoms with Crippen molar-refractivity contribution in [3.05, 3.63) is 77.6 Å². The van der Waals surface area contributed by atoms with Crippen LogP contribution in [0.15, 0.2) is 55.2 Å². The lowest BCUT2D eigenvalue weighted by Crippen LogP contribution is -1.84. The molecule has 0 aliphatic heterocycles. The molecule has 1 N–H and O–H groups in total. The van der Waals surface area contributed by atoms with E-state index in [0.29, 0.717) is 0 Å². The van der Waals surface area contributed by atoms with Gasteiger partial charge in [-0.15, -0.1) is 0 Å². The summed E-state index contributed by atoms with van der Waals surface area (Å²) in [7, 11) is 0. The van der Waals surface area contributed by atoms with E-state index >= 15 is 0 Å². The molecule has 1 aliphatic carbocycles. The maximum atomic E-state index is 3.92. The molecule has 2 aromatic rings. The standard InChI is InChI=1S/C21H21N/c1-5-8-10-16-14(4)11-15-12-21-19(13-18(15)16)17(9-6-2)20(7-3)22-21/h5-10,12-13,22H,1,3,11H2,2,4H3/b9-6-,10-8-. The zero-order valence-electron chi connectivity index (χ0n) is 13.2. The minimum Gasteiger partial charge on any atom is -0.355 e. The lowest BCUT2D eigenvalue weighted by molar-refractivity contribution is 1.20. The normalized spacial score (nSPS) is 14.5. The molecule has 0 saturated heterocycles. The lowest BCUT2D eigenvalue weighted by atomic mass is 10.00. The van der Waals surface area contributed by atoms with Gasteiger partial charge in [-0.05, 0) is 55.2 Å². The van der Waals surface area contributed by atoms with Crippen molar-refractivity contribution >= 4 is 28.6 Å². The average Bonchev–Trinajstić information content (AvgIpc) is 3.00. The van der Waals surface area contributed by atoms with Crippen LogP contribution in [-0.2, 0) is 6.42 Å². The monoisotopic (exact) mass is 287 g/mol. The summed E-state index contributed by atoms with van der Waals surface area (Å²) in [6.07, 6.45) is 13.1. The maximum Gasteiger partial charge on any atom is 0.0468 e. The molecule has 0 atom stereocenters. The van der Waals surface area contributed by atoms with Gasteiger partial charge in [0, 0.05) is 22.2 Å². The molecule has 1 aliphatic rings. The van der Waals surface area contributed by atoms with Crippen LogP contribution in [0.5, 0.6) is 0 Å². The minimum atomic E-state index is 1.02. The van der Waals surface area contributed by atoms with Crippen LogP contribution in [0.25, 0.3) is 28.6 Å². The molecular weight excluding hydrogens is 266 g/mol. The number of hydrogen-bond donors (Lipinski definition) is 1. The average molecular weight is 287 g/mol. The fourth-order valence-corrected chi connectivity index (χ4v) is 3.24. The molecule has 0 bridgehead atoms. The Labute approximate surface area is 132 Å². The van der Waals surface area contributed by atoms with Gasteiger partial charge in [-0.25, -0.2) is 0 Å². The summed E-state index contributed by atoms with van der Waals surface area (Å²) < 4.78 is 0. The van der Waals surface area contributed by atoms with Gasteiger partial charge in [0.2, 0.25) is 0 Å². The summed E-state index contributed by atoms with van der Waals surface area (Å²) in [6, 6.07) is 4.59. The van der Waals surface area contributed by atoms with E-state index in [4.69, 9.17) is 0 Å². The van der Waals surface area contributed by atoms with Gasteiger partial charge in [0.15, 0.2) is 0 Å². The van der Waals surface area contributed by atoms with Crippen LogP contribution in [0.2, 0.25) is 0 Å². The fraction of sp³-hybridized carbons (Fsp3) is 0.143. The Morgan fingerprint density at radius 3 is 2.68 bits per heavy atom. The van der Waals surface area contributed by atoms with Crippen LogP contribution in [-0.4, -0.2) is 4.98 Å². The summed E-state index contributed by atoms with van der Waals surface area (Å²) in [6.45, 7) is 11.9. The molecule has 1 aromatic heterocycles. The van der Waals surface area contributed by atoms with E-state index in [1.807, 2.05) is 25.2 Å². The Kier molecular flexibility index (Phi) is 3.72. The third-order valence-corrected chi connectivity index (χ3v) is 4.24. The fourth-order valence-electron chi connectivity index (χ4n) is 3.24. The summed E-state index contributed by atoms with van der Waals surface area (Å²) >= 11 is 0. The van der Waals surface area contributed by atoms with Gasteiger partial charge in [-0.3, -0.25) is 0 Å². The van der Waals surface area contributed by atoms with E-state index in [1.54, 1.807) is 0 Å². The molecule has 1 aromatic carbocycles. The molecule has 1 nitrogen and oxygen atoms in total. The third kappa shape index (κ3) is 2.19. The number of H-pyrrole nitrogens is 1. The van der Waals surface area contributed by atoms with Gasteiger partial charge >= 0.3 is 0 Å². The number of allylic oxidation sites excluding steroid dienone is 6. The first kappa shape index (κ1) is 14.4. The first-order valence-corrected chi connectivity index (χ1v) is 7.62. The second kappa shape index (κ2) is 5.69. The van der Waals surface area contributed by atoms with Crippen molar-refractivity contribution in [1.82, 2.24) is 4.98 Å². The smallest absolute Gasteiger partial charge is 0.0468 e. The summed E-state index contributed by atoms with van der Waals surface area (Å²) in [4.78, 5) is 3.48. The molecule has 1 heteroatoms. The van der Waals surface area contributed by atoms with Crippen molar-refractivity contribution in [3.8, 4) is 0 Å². The van der Waals surface area contributed by atoms with Crippen molar-refractivity contribution < 1.29 is 0 Å². The van der Waals surface area contributed by atoms with E-state index in [2.05, 4.69) is 55.4 Å². The molecular formula is C21H21N. The Hall–Kier alpha value is -2.54. The SMILES string of the molecule is C=C/C=C\C1=C(C)Cc2cc3[nH]c(C=C)c(/C=C\C)c3cc21. The van der Waals surface area contributed by atoms with Crippen LogP contribution in [0, 0.1) is 0 Å². The van der Waals surface area contributed by atoms with Gasteiger partial charge in [0.1, 0.15) is 0 Å². The number of aromatic amines is 1. The summed E-state index contributed by atoms with van der Waals surface area (Å²) in [5.41, 5.74) is 8.94. The first-order valence-electron chi connectivity index (χ1n) is 7.62. The highest BCUT2D eigenvalue weighted by Crippen LogP contribution is 2.38. The molecule has 22 heavy (non-hydrogen) atoms. The van der Waals surface area contributed by atoms with Gasteiger partial charge in [-0.2, -0.15) is 0 Å². The van der Waals surface area contributed by atoms with Crippen LogP contribution in [0.3, 0.4) is 0 Å². The van der Waals surface area contributed by atoms with Crippen LogP contribution in [0.1, 0.15) is 36.2 Å². The number of hydrogen-bond acceptors (Lipinski definition) is 0. The van der Waals surface area contributed by atoms with Gasteiger partial charge in [0.25, 0.3) is 0 Å². The Morgan fingerprint density at radius 2 is 2.00 bits per heavy atom. The molecule has 0 saturated carbocycles. The molecule has 110 valence electrons. The Bertz CT molecular complexity index is 854. The van der Waals surface area contributed by atoms with Crippen LogP contribution < -0.4 is 0 Å². The van der Waals surface area contributed by atoms with Crippen molar-refractivity contribution in [3.63, 3.8) is 0 Å². The van der Waals surface area contributed by atoms with Crippen molar-refractivity contribution in [2.75, 3.05) is 0 Å². The first-order chi connectivity index (χ1) is 10.7. The van der Waals surface area contributed by atoms with Crippen LogP contribution >= 0.6 is 0 Å². The molecule has 0 unspecified atom stereocenters. The number of fused-ring (bicyclic) bond motifs is 2. The summed E-state index contributed by atoms with van der Waals surface area (Å²) in [5, 5.41) is 1.26. The molecule has 0 fully saturated rings. The minimum absolute atomic E-state index is 1.02. The van der Waals surface area contributed by atoms with Crippen LogP contribution in [0.4, 0.5) is 0 Å². The molecule has 1 heterocycles. The number of aromatic nitrogens is 1. The Morgan fingerprint density at radius 1 is 1.18 bits per heavy atom. The van der Waals surface area contributed by atoms with E-state index in [1.165, 1.54) is 38.7 Å². The highest BCUT2D eigenvalue weighted by Gasteiger charge is 2.19. The quantitative estimate of drug-likeness (QED) is 0.672. The second-order valence-electron chi connectivity index (χ2n) is 5.68. The van der Waals surface area contributed by atoms with E-state index in [-0.39, 0.29) is 0 Å². The lowest BCUT2D eigenvalue weighted by Gasteiger charge is -2.03. The molecule has 0 radical (unpaired) electrons. The number of rotatable bonds is 4. The van der Waals surface area contributed by atoms with E-state index in [9.17, 15) is 0 Å². The number of benzene rings is 1. The van der Waals surface area contributed by atoms with Crippen molar-refractivity contribution in [1.29, 1.82) is 0 Å². The second-order valence-corrected chi connectivity index (χ2v) is 5.68. The van der Waals surface area contributed by atoms with E-state index < -0.39 is 0 Å². The zero-order chi connectivity index (χ0) is 15.7. The van der Waals surface area contributed by atoms with Gasteiger partial charge in [-0.1, -0.05) is 49.1 Å². The highest BCUT2D eigenvalue weighted by atomic mass is 14.7. The van der Waals surface area contributed by atoms with Crippen molar-refractivity contribution in [2.45, 2.75) is 20.3 Å². The predicted molar refractivity (Wildman–Crippen MR) is 98.7 cm³/mol.